The molecule has 3 heteroatoms. The lowest BCUT2D eigenvalue weighted by molar-refractivity contribution is -0.339. The summed E-state index contributed by atoms with van der Waals surface area (Å²) in [7, 11) is 0. The van der Waals surface area contributed by atoms with Gasteiger partial charge in [-0.3, -0.25) is 0 Å². The minimum Gasteiger partial charge on any atom is -0.317 e. The third kappa shape index (κ3) is 6.12. The van der Waals surface area contributed by atoms with Crippen molar-refractivity contribution in [3.8, 4) is 11.8 Å². The predicted molar refractivity (Wildman–Crippen MR) is 64.8 cm³/mol. The molecule has 0 saturated heterocycles. The highest BCUT2D eigenvalue weighted by molar-refractivity contribution is 5.07. The van der Waals surface area contributed by atoms with E-state index in [1.807, 2.05) is 20.8 Å². The Hall–Kier alpha value is -0.560. The normalized spacial score (nSPS) is 11.4. The van der Waals surface area contributed by atoms with Gasteiger partial charge in [0.15, 0.2) is 0 Å². The molecule has 0 aliphatic carbocycles. The second kappa shape index (κ2) is 8.58. The Morgan fingerprint density at radius 3 is 1.69 bits per heavy atom. The maximum absolute atomic E-state index is 5.47. The molecule has 0 fully saturated rings. The molecule has 0 saturated carbocycles. The molecule has 0 aromatic carbocycles. The highest BCUT2D eigenvalue weighted by Crippen LogP contribution is 2.14. The van der Waals surface area contributed by atoms with Gasteiger partial charge < -0.3 is 14.2 Å². The molecule has 0 spiro atoms. The number of hydrogen-bond donors (Lipinski definition) is 0. The van der Waals surface area contributed by atoms with Gasteiger partial charge in [0.1, 0.15) is 0 Å². The molecule has 0 aromatic heterocycles. The molecule has 0 atom stereocenters. The first-order chi connectivity index (χ1) is 7.60. The van der Waals surface area contributed by atoms with Gasteiger partial charge in [0.2, 0.25) is 0 Å². The van der Waals surface area contributed by atoms with Gasteiger partial charge in [-0.2, -0.15) is 0 Å². The van der Waals surface area contributed by atoms with Crippen molar-refractivity contribution in [3.63, 3.8) is 0 Å². The second-order valence-corrected chi connectivity index (χ2v) is 3.75. The summed E-state index contributed by atoms with van der Waals surface area (Å²) in [6, 6.07) is 0. The zero-order valence-electron chi connectivity index (χ0n) is 11.1. The van der Waals surface area contributed by atoms with E-state index in [-0.39, 0.29) is 0 Å². The molecular weight excluding hydrogens is 204 g/mol. The third-order valence-corrected chi connectivity index (χ3v) is 1.75. The molecule has 0 radical (unpaired) electrons. The summed E-state index contributed by atoms with van der Waals surface area (Å²) in [6.07, 6.45) is 0.814. The molecule has 94 valence electrons. The topological polar surface area (TPSA) is 27.7 Å². The van der Waals surface area contributed by atoms with Crippen molar-refractivity contribution in [1.82, 2.24) is 0 Å². The second-order valence-electron chi connectivity index (χ2n) is 3.75. The first kappa shape index (κ1) is 15.4. The molecule has 0 N–H and O–H groups in total. The molecule has 0 bridgehead atoms. The van der Waals surface area contributed by atoms with Gasteiger partial charge in [0, 0.05) is 6.42 Å². The Labute approximate surface area is 99.5 Å². The van der Waals surface area contributed by atoms with Gasteiger partial charge in [-0.1, -0.05) is 19.8 Å². The highest BCUT2D eigenvalue weighted by Gasteiger charge is 2.29. The Bertz CT molecular complexity index is 208. The molecule has 0 unspecified atom stereocenters. The number of rotatable bonds is 7. The van der Waals surface area contributed by atoms with Crippen LogP contribution in [0.4, 0.5) is 0 Å². The van der Waals surface area contributed by atoms with Gasteiger partial charge in [0.25, 0.3) is 0 Å². The fourth-order valence-electron chi connectivity index (χ4n) is 1.17. The molecule has 0 aliphatic rings. The van der Waals surface area contributed by atoms with Crippen molar-refractivity contribution in [1.29, 1.82) is 0 Å². The predicted octanol–water partition coefficient (Wildman–Crippen LogP) is 2.80. The molecule has 0 heterocycles. The zero-order valence-corrected chi connectivity index (χ0v) is 11.1. The van der Waals surface area contributed by atoms with Crippen LogP contribution >= 0.6 is 0 Å². The number of ether oxygens (including phenoxy) is 3. The van der Waals surface area contributed by atoms with Crippen LogP contribution in [0.1, 0.15) is 41.0 Å². The largest absolute Gasteiger partial charge is 0.353 e. The van der Waals surface area contributed by atoms with Crippen LogP contribution in [0.25, 0.3) is 0 Å². The van der Waals surface area contributed by atoms with E-state index in [0.29, 0.717) is 25.7 Å². The Balaban J connectivity index is 4.61. The summed E-state index contributed by atoms with van der Waals surface area (Å²) in [6.45, 7) is 11.5. The van der Waals surface area contributed by atoms with Crippen molar-refractivity contribution in [3.05, 3.63) is 0 Å². The Kier molecular flexibility index (Phi) is 8.28. The summed E-state index contributed by atoms with van der Waals surface area (Å²) in [5.74, 6) is 5.37. The smallest absolute Gasteiger partial charge is 0.317 e. The zero-order chi connectivity index (χ0) is 12.4. The average Bonchev–Trinajstić information content (AvgIpc) is 2.18. The maximum Gasteiger partial charge on any atom is 0.353 e. The minimum atomic E-state index is -1.17. The Morgan fingerprint density at radius 1 is 0.938 bits per heavy atom. The minimum absolute atomic E-state index is 0.510. The lowest BCUT2D eigenvalue weighted by Crippen LogP contribution is -2.38. The van der Waals surface area contributed by atoms with Gasteiger partial charge >= 0.3 is 5.97 Å². The lowest BCUT2D eigenvalue weighted by atomic mass is 10.1. The number of hydrogen-bond acceptors (Lipinski definition) is 3. The summed E-state index contributed by atoms with van der Waals surface area (Å²) in [5, 5.41) is 0. The lowest BCUT2D eigenvalue weighted by Gasteiger charge is -2.26. The van der Waals surface area contributed by atoms with E-state index in [4.69, 9.17) is 14.2 Å². The summed E-state index contributed by atoms with van der Waals surface area (Å²) < 4.78 is 16.4. The van der Waals surface area contributed by atoms with Crippen molar-refractivity contribution < 1.29 is 14.2 Å². The third-order valence-electron chi connectivity index (χ3n) is 1.75. The van der Waals surface area contributed by atoms with Crippen molar-refractivity contribution in [2.45, 2.75) is 47.0 Å². The van der Waals surface area contributed by atoms with Crippen LogP contribution in [-0.2, 0) is 14.2 Å². The maximum atomic E-state index is 5.47. The molecule has 0 aliphatic heterocycles. The van der Waals surface area contributed by atoms with Crippen LogP contribution in [0.15, 0.2) is 0 Å². The van der Waals surface area contributed by atoms with Gasteiger partial charge in [0.05, 0.1) is 19.8 Å². The van der Waals surface area contributed by atoms with E-state index in [9.17, 15) is 0 Å². The SMILES string of the molecule is CCOC(C#CCC(C)C)(OCC)OCC. The van der Waals surface area contributed by atoms with Gasteiger partial charge in [-0.05, 0) is 32.6 Å². The fourth-order valence-corrected chi connectivity index (χ4v) is 1.17. The summed E-state index contributed by atoms with van der Waals surface area (Å²) in [5.41, 5.74) is 0. The van der Waals surface area contributed by atoms with E-state index in [0.717, 1.165) is 6.42 Å². The molecule has 16 heavy (non-hydrogen) atoms. The standard InChI is InChI=1S/C13H24O3/c1-6-14-13(15-7-2,16-8-3)11-9-10-12(4)5/h12H,6-8,10H2,1-5H3. The van der Waals surface area contributed by atoms with Crippen LogP contribution in [-0.4, -0.2) is 25.8 Å². The van der Waals surface area contributed by atoms with Crippen LogP contribution in [0.5, 0.6) is 0 Å². The average molecular weight is 228 g/mol. The monoisotopic (exact) mass is 228 g/mol. The van der Waals surface area contributed by atoms with Crippen molar-refractivity contribution in [2.24, 2.45) is 5.92 Å². The molecule has 3 nitrogen and oxygen atoms in total. The van der Waals surface area contributed by atoms with Gasteiger partial charge in [-0.25, -0.2) is 0 Å². The van der Waals surface area contributed by atoms with E-state index < -0.39 is 5.97 Å². The van der Waals surface area contributed by atoms with Crippen LogP contribution in [0.3, 0.4) is 0 Å². The summed E-state index contributed by atoms with van der Waals surface area (Å²) >= 11 is 0. The van der Waals surface area contributed by atoms with E-state index in [1.165, 1.54) is 0 Å². The fraction of sp³-hybridized carbons (Fsp3) is 0.846. The van der Waals surface area contributed by atoms with Crippen molar-refractivity contribution >= 4 is 0 Å². The highest BCUT2D eigenvalue weighted by atomic mass is 16.9. The Morgan fingerprint density at radius 2 is 1.38 bits per heavy atom. The molecular formula is C13H24O3. The summed E-state index contributed by atoms with van der Waals surface area (Å²) in [4.78, 5) is 0. The first-order valence-electron chi connectivity index (χ1n) is 6.02. The van der Waals surface area contributed by atoms with Crippen LogP contribution in [0, 0.1) is 17.8 Å². The van der Waals surface area contributed by atoms with Crippen LogP contribution in [0.2, 0.25) is 0 Å². The van der Waals surface area contributed by atoms with E-state index in [1.54, 1.807) is 0 Å². The molecule has 0 aromatic rings. The van der Waals surface area contributed by atoms with Crippen LogP contribution < -0.4 is 0 Å². The quantitative estimate of drug-likeness (QED) is 0.495. The molecule has 0 rings (SSSR count). The van der Waals surface area contributed by atoms with E-state index in [2.05, 4.69) is 25.7 Å². The van der Waals surface area contributed by atoms with E-state index >= 15 is 0 Å². The van der Waals surface area contributed by atoms with Gasteiger partial charge in [-0.15, -0.1) is 0 Å². The first-order valence-corrected chi connectivity index (χ1v) is 6.02. The molecule has 0 amide bonds. The van der Waals surface area contributed by atoms with Crippen molar-refractivity contribution in [2.75, 3.05) is 19.8 Å².